The van der Waals surface area contributed by atoms with Gasteiger partial charge in [-0.25, -0.2) is 0 Å². The van der Waals surface area contributed by atoms with Crippen molar-refractivity contribution in [3.63, 3.8) is 0 Å². The van der Waals surface area contributed by atoms with Crippen molar-refractivity contribution in [2.45, 2.75) is 99.8 Å². The molecule has 0 aliphatic heterocycles. The fourth-order valence-corrected chi connectivity index (χ4v) is 7.42. The van der Waals surface area contributed by atoms with Gasteiger partial charge in [0.15, 0.2) is 5.78 Å². The Kier molecular flexibility index (Phi) is 17.2. The zero-order valence-corrected chi connectivity index (χ0v) is 36.7. The molecule has 6 rings (SSSR count). The molecular formula is C51H58IrN2O2-2. The van der Waals surface area contributed by atoms with Gasteiger partial charge in [-0.3, -0.25) is 4.79 Å². The average Bonchev–Trinajstić information content (AvgIpc) is 3.18. The van der Waals surface area contributed by atoms with Crippen molar-refractivity contribution in [3.05, 3.63) is 144 Å². The van der Waals surface area contributed by atoms with Crippen molar-refractivity contribution in [2.24, 2.45) is 17.8 Å². The molecule has 4 aromatic carbocycles. The third-order valence-corrected chi connectivity index (χ3v) is 10.5. The quantitative estimate of drug-likeness (QED) is 0.0633. The molecule has 0 atom stereocenters. The van der Waals surface area contributed by atoms with Crippen LogP contribution in [0.1, 0.15) is 96.2 Å². The number of aryl methyl sites for hydroxylation is 3. The zero-order valence-electron chi connectivity index (χ0n) is 34.3. The van der Waals surface area contributed by atoms with E-state index >= 15 is 0 Å². The number of carbonyl (C=O) groups is 1. The summed E-state index contributed by atoms with van der Waals surface area (Å²) in [6, 6.07) is 41.2. The number of rotatable bonds is 15. The van der Waals surface area contributed by atoms with Crippen LogP contribution in [0.2, 0.25) is 0 Å². The molecule has 295 valence electrons. The van der Waals surface area contributed by atoms with E-state index in [1.807, 2.05) is 45.9 Å². The number of hydrogen-bond acceptors (Lipinski definition) is 4. The first-order valence-corrected chi connectivity index (χ1v) is 20.4. The Bertz CT molecular complexity index is 2200. The van der Waals surface area contributed by atoms with E-state index in [2.05, 4.69) is 112 Å². The van der Waals surface area contributed by atoms with Gasteiger partial charge in [0.25, 0.3) is 0 Å². The van der Waals surface area contributed by atoms with Gasteiger partial charge in [0.05, 0.1) is 5.76 Å². The van der Waals surface area contributed by atoms with Crippen LogP contribution in [-0.4, -0.2) is 20.9 Å². The summed E-state index contributed by atoms with van der Waals surface area (Å²) in [7, 11) is 0. The number of hydrogen-bond donors (Lipinski definition) is 1. The largest absolute Gasteiger partial charge is 0.512 e. The minimum absolute atomic E-state index is 0. The molecule has 6 aromatic rings. The van der Waals surface area contributed by atoms with Crippen molar-refractivity contribution >= 4 is 27.3 Å². The summed E-state index contributed by atoms with van der Waals surface area (Å²) < 4.78 is 0. The first-order chi connectivity index (χ1) is 26.6. The van der Waals surface area contributed by atoms with Crippen LogP contribution in [0, 0.1) is 36.8 Å². The van der Waals surface area contributed by atoms with E-state index in [0.717, 1.165) is 90.8 Å². The van der Waals surface area contributed by atoms with Crippen molar-refractivity contribution in [3.8, 4) is 22.5 Å². The van der Waals surface area contributed by atoms with Crippen molar-refractivity contribution in [2.75, 3.05) is 0 Å². The van der Waals surface area contributed by atoms with E-state index in [0.29, 0.717) is 5.92 Å². The van der Waals surface area contributed by atoms with Crippen molar-refractivity contribution < 1.29 is 30.0 Å². The number of aromatic nitrogens is 2. The monoisotopic (exact) mass is 923 g/mol. The summed E-state index contributed by atoms with van der Waals surface area (Å²) in [6.07, 6.45) is 8.75. The van der Waals surface area contributed by atoms with E-state index in [1.54, 1.807) is 0 Å². The van der Waals surface area contributed by atoms with Crippen molar-refractivity contribution in [1.29, 1.82) is 0 Å². The number of benzene rings is 4. The van der Waals surface area contributed by atoms with Crippen molar-refractivity contribution in [1.82, 2.24) is 9.97 Å². The Morgan fingerprint density at radius 2 is 1.48 bits per heavy atom. The number of carbonyl (C=O) groups excluding carboxylic acids is 1. The molecule has 2 heterocycles. The maximum absolute atomic E-state index is 11.7. The van der Waals surface area contributed by atoms with Gasteiger partial charge in [-0.05, 0) is 85.7 Å². The second-order valence-electron chi connectivity index (χ2n) is 15.2. The maximum Gasteiger partial charge on any atom is 0.162 e. The number of nitrogens with zero attached hydrogens (tertiary/aromatic N) is 2. The van der Waals surface area contributed by atoms with Gasteiger partial charge in [-0.2, -0.15) is 0 Å². The zero-order chi connectivity index (χ0) is 39.3. The van der Waals surface area contributed by atoms with Crippen LogP contribution in [0.5, 0.6) is 0 Å². The number of fused-ring (bicyclic) bond motifs is 2. The number of aliphatic hydroxyl groups excluding tert-OH is 1. The first kappa shape index (κ1) is 44.3. The molecule has 0 saturated heterocycles. The van der Waals surface area contributed by atoms with Crippen LogP contribution in [0.3, 0.4) is 0 Å². The second kappa shape index (κ2) is 21.8. The molecule has 4 nitrogen and oxygen atoms in total. The molecule has 0 bridgehead atoms. The van der Waals surface area contributed by atoms with Gasteiger partial charge in [-0.15, -0.1) is 64.5 Å². The van der Waals surface area contributed by atoms with Crippen LogP contribution in [-0.2, 0) is 44.2 Å². The predicted molar refractivity (Wildman–Crippen MR) is 231 cm³/mol. The minimum atomic E-state index is 0. The molecule has 56 heavy (non-hydrogen) atoms. The van der Waals surface area contributed by atoms with E-state index < -0.39 is 0 Å². The molecule has 1 radical (unpaired) electrons. The number of pyridine rings is 2. The Hall–Kier alpha value is -4.44. The maximum atomic E-state index is 11.7. The van der Waals surface area contributed by atoms with Gasteiger partial charge < -0.3 is 15.1 Å². The third kappa shape index (κ3) is 11.8. The average molecular weight is 923 g/mol. The van der Waals surface area contributed by atoms with E-state index in [1.165, 1.54) is 33.2 Å². The molecule has 0 aliphatic carbocycles. The Labute approximate surface area is 349 Å². The summed E-state index contributed by atoms with van der Waals surface area (Å²) in [5, 5.41) is 14.7. The van der Waals surface area contributed by atoms with Crippen LogP contribution >= 0.6 is 0 Å². The predicted octanol–water partition coefficient (Wildman–Crippen LogP) is 13.3. The molecule has 1 N–H and O–H groups in total. The summed E-state index contributed by atoms with van der Waals surface area (Å²) >= 11 is 0. The van der Waals surface area contributed by atoms with Crippen LogP contribution in [0.4, 0.5) is 0 Å². The Morgan fingerprint density at radius 1 is 0.750 bits per heavy atom. The van der Waals surface area contributed by atoms with Gasteiger partial charge in [0.1, 0.15) is 0 Å². The molecule has 0 amide bonds. The van der Waals surface area contributed by atoms with E-state index in [4.69, 9.17) is 9.97 Å². The topological polar surface area (TPSA) is 63.1 Å². The standard InChI is InChI=1S/C38H34N2.C13H24O2.Ir/c1-26(2)21-28-19-20-34-31(24-28)25-38(35-23-27(3)22-30-13-7-8-16-33(30)35)40-37(34)18-10-15-32-14-9-17-36(39-32)29-11-5-4-6-12-29;1-5-10(6-2)12(14)9-13(15)11(7-3)8-4;/h4-9,11,13-14,16-17,19-20,22,24-26H,10,15,18,21H2,1-3H3;9-11,14H,5-8H2,1-4H3;/q-2;;/b;12-9-;. The van der Waals surface area contributed by atoms with Crippen LogP contribution in [0.15, 0.2) is 109 Å². The normalized spacial score (nSPS) is 11.6. The number of aliphatic hydroxyl groups is 1. The fourth-order valence-electron chi connectivity index (χ4n) is 7.42. The molecule has 5 heteroatoms. The van der Waals surface area contributed by atoms with Crippen LogP contribution in [0.25, 0.3) is 44.1 Å². The van der Waals surface area contributed by atoms with E-state index in [-0.39, 0.29) is 43.5 Å². The molecule has 0 aliphatic rings. The number of allylic oxidation sites excluding steroid dienone is 2. The summed E-state index contributed by atoms with van der Waals surface area (Å²) in [5.74, 6) is 1.16. The van der Waals surface area contributed by atoms with Gasteiger partial charge in [-0.1, -0.05) is 115 Å². The summed E-state index contributed by atoms with van der Waals surface area (Å²) in [5.41, 5.74) is 8.86. The van der Waals surface area contributed by atoms with Gasteiger partial charge in [0, 0.05) is 54.8 Å². The van der Waals surface area contributed by atoms with Gasteiger partial charge in [0.2, 0.25) is 0 Å². The Morgan fingerprint density at radius 3 is 2.18 bits per heavy atom. The molecule has 0 unspecified atom stereocenters. The first-order valence-electron chi connectivity index (χ1n) is 20.4. The summed E-state index contributed by atoms with van der Waals surface area (Å²) in [4.78, 5) is 21.9. The summed E-state index contributed by atoms with van der Waals surface area (Å²) in [6.45, 7) is 14.7. The third-order valence-electron chi connectivity index (χ3n) is 10.5. The Balaban J connectivity index is 0.000000372. The van der Waals surface area contributed by atoms with E-state index in [9.17, 15) is 9.90 Å². The molecule has 0 fully saturated rings. The molecule has 0 saturated carbocycles. The second-order valence-corrected chi connectivity index (χ2v) is 15.2. The number of ketones is 1. The molecular weight excluding hydrogens is 865 g/mol. The smallest absolute Gasteiger partial charge is 0.162 e. The van der Waals surface area contributed by atoms with Crippen LogP contribution < -0.4 is 0 Å². The molecule has 0 spiro atoms. The van der Waals surface area contributed by atoms with Gasteiger partial charge >= 0.3 is 0 Å². The SMILES string of the molecule is CCC(CC)C(=O)/C=C(\O)C(CC)CC.Cc1[c-]c(-c2cc3cc(CC(C)C)ccc3c(CCCc3cccc(-c4[c-]cccc4)n3)n2)c2ccccc2c1.[Ir]. The molecule has 2 aromatic heterocycles. The minimum Gasteiger partial charge on any atom is -0.512 e. The fraction of sp³-hybridized carbons (Fsp3) is 0.353.